The molecule has 1 heterocycles. The van der Waals surface area contributed by atoms with Crippen molar-refractivity contribution in [3.8, 4) is 0 Å². The molecule has 1 aliphatic rings. The number of esters is 1. The number of nitrogens with zero attached hydrogens (tertiary/aromatic N) is 1. The molecule has 1 saturated heterocycles. The number of nitrogens with one attached hydrogen (secondary N) is 1. The maximum Gasteiger partial charge on any atom is 0.307 e. The highest BCUT2D eigenvalue weighted by Crippen LogP contribution is 2.14. The molecule has 0 unspecified atom stereocenters. The lowest BCUT2D eigenvalue weighted by Gasteiger charge is -2.24. The Morgan fingerprint density at radius 3 is 2.83 bits per heavy atom. The van der Waals surface area contributed by atoms with Crippen LogP contribution >= 0.6 is 0 Å². The van der Waals surface area contributed by atoms with Crippen molar-refractivity contribution in [2.24, 2.45) is 0 Å². The molecule has 1 fully saturated rings. The average Bonchev–Trinajstić information content (AvgIpc) is 2.54. The summed E-state index contributed by atoms with van der Waals surface area (Å²) in [5.41, 5.74) is 0. The summed E-state index contributed by atoms with van der Waals surface area (Å²) in [5, 5.41) is 2.82. The lowest BCUT2D eigenvalue weighted by Crippen LogP contribution is -2.45. The molecule has 0 aromatic rings. The molecule has 0 saturated carbocycles. The fourth-order valence-electron chi connectivity index (χ4n) is 2.22. The molecule has 5 nitrogen and oxygen atoms in total. The van der Waals surface area contributed by atoms with Gasteiger partial charge in [0.05, 0.1) is 19.1 Å². The molecule has 1 aliphatic heterocycles. The van der Waals surface area contributed by atoms with Gasteiger partial charge in [-0.2, -0.15) is 0 Å². The number of likely N-dealkylation sites (N-methyl/N-ethyl adjacent to an activating group) is 1. The minimum Gasteiger partial charge on any atom is -0.466 e. The molecule has 0 spiro atoms. The van der Waals surface area contributed by atoms with Crippen molar-refractivity contribution < 1.29 is 14.3 Å². The first kappa shape index (κ1) is 15.0. The highest BCUT2D eigenvalue weighted by Gasteiger charge is 2.24. The summed E-state index contributed by atoms with van der Waals surface area (Å²) in [6.45, 7) is 3.49. The summed E-state index contributed by atoms with van der Waals surface area (Å²) >= 11 is 0. The van der Waals surface area contributed by atoms with Crippen LogP contribution in [0.25, 0.3) is 0 Å². The van der Waals surface area contributed by atoms with E-state index in [1.807, 2.05) is 7.05 Å². The predicted octanol–water partition coefficient (Wildman–Crippen LogP) is 0.930. The molecule has 5 heteroatoms. The van der Waals surface area contributed by atoms with E-state index in [1.165, 1.54) is 6.42 Å². The van der Waals surface area contributed by atoms with E-state index < -0.39 is 0 Å². The van der Waals surface area contributed by atoms with E-state index in [0.717, 1.165) is 25.8 Å². The van der Waals surface area contributed by atoms with Crippen LogP contribution in [0.3, 0.4) is 0 Å². The van der Waals surface area contributed by atoms with E-state index in [1.54, 1.807) is 6.92 Å². The van der Waals surface area contributed by atoms with Gasteiger partial charge >= 0.3 is 5.97 Å². The summed E-state index contributed by atoms with van der Waals surface area (Å²) in [4.78, 5) is 25.2. The van der Waals surface area contributed by atoms with Crippen molar-refractivity contribution in [3.63, 3.8) is 0 Å². The molecular formula is C13H24N2O3. The Labute approximate surface area is 109 Å². The first-order valence-electron chi connectivity index (χ1n) is 6.78. The third-order valence-corrected chi connectivity index (χ3v) is 3.26. The molecule has 1 amide bonds. The minimum absolute atomic E-state index is 0.0312. The first-order valence-corrected chi connectivity index (χ1v) is 6.78. The summed E-state index contributed by atoms with van der Waals surface area (Å²) in [6, 6.07) is -0.0466. The second-order valence-corrected chi connectivity index (χ2v) is 4.69. The minimum atomic E-state index is -0.257. The molecule has 0 aliphatic carbocycles. The molecule has 1 N–H and O–H groups in total. The number of hydrogen-bond acceptors (Lipinski definition) is 4. The molecule has 18 heavy (non-hydrogen) atoms. The summed E-state index contributed by atoms with van der Waals surface area (Å²) in [6.07, 6.45) is 4.60. The summed E-state index contributed by atoms with van der Waals surface area (Å²) < 4.78 is 4.81. The van der Waals surface area contributed by atoms with Crippen LogP contribution in [0, 0.1) is 0 Å². The van der Waals surface area contributed by atoms with E-state index in [9.17, 15) is 9.59 Å². The van der Waals surface area contributed by atoms with Gasteiger partial charge in [0.2, 0.25) is 5.91 Å². The molecule has 0 aromatic heterocycles. The second kappa shape index (κ2) is 8.08. The Morgan fingerprint density at radius 1 is 1.33 bits per heavy atom. The molecular weight excluding hydrogens is 232 g/mol. The Bertz CT molecular complexity index is 281. The van der Waals surface area contributed by atoms with Gasteiger partial charge in [-0.1, -0.05) is 12.8 Å². The predicted molar refractivity (Wildman–Crippen MR) is 69.1 cm³/mol. The van der Waals surface area contributed by atoms with Crippen LogP contribution in [0.5, 0.6) is 0 Å². The molecule has 104 valence electrons. The zero-order valence-corrected chi connectivity index (χ0v) is 11.4. The average molecular weight is 256 g/mol. The normalized spacial score (nSPS) is 21.1. The Morgan fingerprint density at radius 2 is 2.11 bits per heavy atom. The molecule has 0 bridgehead atoms. The Kier molecular flexibility index (Phi) is 6.72. The van der Waals surface area contributed by atoms with Gasteiger partial charge in [0.1, 0.15) is 0 Å². The van der Waals surface area contributed by atoms with Crippen LogP contribution in [-0.4, -0.2) is 49.6 Å². The highest BCUT2D eigenvalue weighted by molar-refractivity contribution is 5.82. The lowest BCUT2D eigenvalue weighted by atomic mass is 10.1. The van der Waals surface area contributed by atoms with Crippen molar-refractivity contribution >= 4 is 11.9 Å². The fourth-order valence-corrected chi connectivity index (χ4v) is 2.22. The van der Waals surface area contributed by atoms with Crippen molar-refractivity contribution in [3.05, 3.63) is 0 Å². The van der Waals surface area contributed by atoms with Crippen molar-refractivity contribution in [2.45, 2.75) is 45.1 Å². The van der Waals surface area contributed by atoms with E-state index in [4.69, 9.17) is 4.74 Å². The number of rotatable bonds is 5. The number of ether oxygens (including phenoxy) is 1. The smallest absolute Gasteiger partial charge is 0.307 e. The van der Waals surface area contributed by atoms with Gasteiger partial charge < -0.3 is 10.1 Å². The van der Waals surface area contributed by atoms with Gasteiger partial charge in [-0.25, -0.2) is 0 Å². The van der Waals surface area contributed by atoms with E-state index in [0.29, 0.717) is 13.2 Å². The van der Waals surface area contributed by atoms with Crippen LogP contribution in [0.4, 0.5) is 0 Å². The standard InChI is InChI=1S/C13H24N2O3/c1-3-18-12(16)8-9-14-13(17)11-7-5-4-6-10-15(11)2/h11H,3-10H2,1-2H3,(H,14,17)/t11-/m1/s1. The fraction of sp³-hybridized carbons (Fsp3) is 0.846. The van der Waals surface area contributed by atoms with Crippen LogP contribution in [0.1, 0.15) is 39.0 Å². The zero-order chi connectivity index (χ0) is 13.4. The van der Waals surface area contributed by atoms with Crippen LogP contribution in [0.2, 0.25) is 0 Å². The van der Waals surface area contributed by atoms with Gasteiger partial charge in [0.15, 0.2) is 0 Å². The van der Waals surface area contributed by atoms with E-state index in [2.05, 4.69) is 10.2 Å². The van der Waals surface area contributed by atoms with E-state index in [-0.39, 0.29) is 24.3 Å². The number of likely N-dealkylation sites (tertiary alicyclic amines) is 1. The van der Waals surface area contributed by atoms with Crippen molar-refractivity contribution in [2.75, 3.05) is 26.7 Å². The van der Waals surface area contributed by atoms with Crippen molar-refractivity contribution in [1.29, 1.82) is 0 Å². The Hall–Kier alpha value is -1.10. The maximum atomic E-state index is 12.0. The summed E-state index contributed by atoms with van der Waals surface area (Å²) in [7, 11) is 1.99. The van der Waals surface area contributed by atoms with Gasteiger partial charge in [-0.15, -0.1) is 0 Å². The molecule has 1 atom stereocenters. The number of hydrogen-bond donors (Lipinski definition) is 1. The Balaban J connectivity index is 2.28. The van der Waals surface area contributed by atoms with Crippen molar-refractivity contribution in [1.82, 2.24) is 10.2 Å². The molecule has 1 rings (SSSR count). The monoisotopic (exact) mass is 256 g/mol. The lowest BCUT2D eigenvalue weighted by molar-refractivity contribution is -0.143. The number of amides is 1. The van der Waals surface area contributed by atoms with Crippen LogP contribution in [0.15, 0.2) is 0 Å². The quantitative estimate of drug-likeness (QED) is 0.743. The van der Waals surface area contributed by atoms with Gasteiger partial charge in [-0.3, -0.25) is 14.5 Å². The zero-order valence-electron chi connectivity index (χ0n) is 11.4. The van der Waals surface area contributed by atoms with Gasteiger partial charge in [0, 0.05) is 6.54 Å². The molecule has 0 radical (unpaired) electrons. The molecule has 0 aromatic carbocycles. The second-order valence-electron chi connectivity index (χ2n) is 4.69. The van der Waals surface area contributed by atoms with Crippen LogP contribution in [-0.2, 0) is 14.3 Å². The number of carbonyl (C=O) groups excluding carboxylic acids is 2. The van der Waals surface area contributed by atoms with Gasteiger partial charge in [-0.05, 0) is 33.4 Å². The van der Waals surface area contributed by atoms with Gasteiger partial charge in [0.25, 0.3) is 0 Å². The number of carbonyl (C=O) groups is 2. The SMILES string of the molecule is CCOC(=O)CCNC(=O)[C@H]1CCCCCN1C. The topological polar surface area (TPSA) is 58.6 Å². The first-order chi connectivity index (χ1) is 8.65. The maximum absolute atomic E-state index is 12.0. The summed E-state index contributed by atoms with van der Waals surface area (Å²) in [5.74, 6) is -0.226. The largest absolute Gasteiger partial charge is 0.466 e. The van der Waals surface area contributed by atoms with E-state index >= 15 is 0 Å². The van der Waals surface area contributed by atoms with Crippen LogP contribution < -0.4 is 5.32 Å². The third-order valence-electron chi connectivity index (χ3n) is 3.26. The third kappa shape index (κ3) is 5.04. The highest BCUT2D eigenvalue weighted by atomic mass is 16.5.